The van der Waals surface area contributed by atoms with Crippen LogP contribution >= 0.6 is 0 Å². The Bertz CT molecular complexity index is 660. The summed E-state index contributed by atoms with van der Waals surface area (Å²) in [5, 5.41) is 23.3. The molecule has 0 radical (unpaired) electrons. The summed E-state index contributed by atoms with van der Waals surface area (Å²) in [7, 11) is 0. The average Bonchev–Trinajstić information content (AvgIpc) is 2.90. The number of carbonyl (C=O) groups is 1. The summed E-state index contributed by atoms with van der Waals surface area (Å²) in [5.74, 6) is -0.480. The first-order valence-electron chi connectivity index (χ1n) is 6.56. The molecule has 0 aliphatic heterocycles. The molecular weight excluding hydrogens is 290 g/mol. The monoisotopic (exact) mass is 305 g/mol. The fourth-order valence-corrected chi connectivity index (χ4v) is 1.85. The number of ether oxygens (including phenoxy) is 1. The van der Waals surface area contributed by atoms with E-state index in [1.54, 1.807) is 12.1 Å². The first-order chi connectivity index (χ1) is 10.4. The SMILES string of the molecule is CC(C)c1ccc(OCn2cc([N+](=O)[O-])c(C(=O)O)n2)cc1. The van der Waals surface area contributed by atoms with E-state index in [-0.39, 0.29) is 6.73 Å². The van der Waals surface area contributed by atoms with E-state index in [0.717, 1.165) is 16.4 Å². The van der Waals surface area contributed by atoms with Crippen molar-refractivity contribution in [2.75, 3.05) is 0 Å². The predicted molar refractivity (Wildman–Crippen MR) is 77.0 cm³/mol. The van der Waals surface area contributed by atoms with Gasteiger partial charge in [-0.15, -0.1) is 0 Å². The maximum absolute atomic E-state index is 10.9. The Labute approximate surface area is 126 Å². The molecule has 8 nitrogen and oxygen atoms in total. The van der Waals surface area contributed by atoms with Crippen LogP contribution in [0.5, 0.6) is 5.75 Å². The number of hydrogen-bond donors (Lipinski definition) is 1. The van der Waals surface area contributed by atoms with Crippen molar-refractivity contribution < 1.29 is 19.6 Å². The number of aromatic carboxylic acids is 1. The molecule has 116 valence electrons. The number of hydrogen-bond acceptors (Lipinski definition) is 5. The summed E-state index contributed by atoms with van der Waals surface area (Å²) in [6.07, 6.45) is 1.03. The largest absolute Gasteiger partial charge is 0.476 e. The second kappa shape index (κ2) is 6.25. The van der Waals surface area contributed by atoms with Gasteiger partial charge in [-0.3, -0.25) is 10.1 Å². The zero-order valence-electron chi connectivity index (χ0n) is 12.1. The lowest BCUT2D eigenvalue weighted by Crippen LogP contribution is -2.07. The fourth-order valence-electron chi connectivity index (χ4n) is 1.85. The molecule has 0 saturated carbocycles. The first kappa shape index (κ1) is 15.5. The normalized spacial score (nSPS) is 10.7. The third kappa shape index (κ3) is 3.40. The van der Waals surface area contributed by atoms with E-state index in [4.69, 9.17) is 9.84 Å². The minimum atomic E-state index is -1.45. The summed E-state index contributed by atoms with van der Waals surface area (Å²) in [4.78, 5) is 20.9. The van der Waals surface area contributed by atoms with Crippen molar-refractivity contribution in [3.8, 4) is 5.75 Å². The maximum Gasteiger partial charge on any atom is 0.363 e. The lowest BCUT2D eigenvalue weighted by atomic mass is 10.0. The summed E-state index contributed by atoms with van der Waals surface area (Å²) < 4.78 is 6.52. The van der Waals surface area contributed by atoms with Crippen LogP contribution in [-0.2, 0) is 6.73 Å². The predicted octanol–water partition coefficient (Wildman–Crippen LogP) is 2.65. The van der Waals surface area contributed by atoms with Crippen molar-refractivity contribution in [1.29, 1.82) is 0 Å². The van der Waals surface area contributed by atoms with Gasteiger partial charge in [0.25, 0.3) is 0 Å². The topological polar surface area (TPSA) is 107 Å². The minimum absolute atomic E-state index is 0.116. The maximum atomic E-state index is 10.9. The lowest BCUT2D eigenvalue weighted by molar-refractivity contribution is -0.385. The standard InChI is InChI=1S/C14H15N3O5/c1-9(2)10-3-5-11(6-4-10)22-8-16-7-12(17(20)21)13(15-16)14(18)19/h3-7,9H,8H2,1-2H3,(H,18,19). The zero-order chi connectivity index (χ0) is 16.3. The van der Waals surface area contributed by atoms with Gasteiger partial charge in [-0.1, -0.05) is 26.0 Å². The van der Waals surface area contributed by atoms with E-state index in [9.17, 15) is 14.9 Å². The molecule has 2 aromatic rings. The summed E-state index contributed by atoms with van der Waals surface area (Å²) in [5.41, 5.74) is -0.00903. The van der Waals surface area contributed by atoms with Gasteiger partial charge >= 0.3 is 11.7 Å². The smallest absolute Gasteiger partial charge is 0.363 e. The highest BCUT2D eigenvalue weighted by atomic mass is 16.6. The van der Waals surface area contributed by atoms with E-state index < -0.39 is 22.3 Å². The molecule has 22 heavy (non-hydrogen) atoms. The molecule has 0 atom stereocenters. The van der Waals surface area contributed by atoms with Crippen LogP contribution in [0, 0.1) is 10.1 Å². The third-order valence-corrected chi connectivity index (χ3v) is 3.05. The number of carboxylic acid groups (broad SMARTS) is 1. The highest BCUT2D eigenvalue weighted by Crippen LogP contribution is 2.20. The number of benzene rings is 1. The van der Waals surface area contributed by atoms with E-state index in [1.807, 2.05) is 12.1 Å². The van der Waals surface area contributed by atoms with E-state index >= 15 is 0 Å². The number of nitro groups is 1. The quantitative estimate of drug-likeness (QED) is 0.649. The molecule has 0 spiro atoms. The van der Waals surface area contributed by atoms with Crippen molar-refractivity contribution in [1.82, 2.24) is 9.78 Å². The Morgan fingerprint density at radius 3 is 2.50 bits per heavy atom. The van der Waals surface area contributed by atoms with Gasteiger partial charge < -0.3 is 9.84 Å². The Kier molecular flexibility index (Phi) is 4.40. The number of carboxylic acids is 1. The highest BCUT2D eigenvalue weighted by molar-refractivity contribution is 5.89. The molecule has 0 aliphatic rings. The second-order valence-electron chi connectivity index (χ2n) is 4.96. The number of rotatable bonds is 6. The van der Waals surface area contributed by atoms with Gasteiger partial charge in [-0.25, -0.2) is 9.48 Å². The van der Waals surface area contributed by atoms with E-state index in [0.29, 0.717) is 11.7 Å². The van der Waals surface area contributed by atoms with Gasteiger partial charge in [-0.05, 0) is 23.6 Å². The summed E-state index contributed by atoms with van der Waals surface area (Å²) in [6.45, 7) is 4.04. The minimum Gasteiger partial charge on any atom is -0.476 e. The summed E-state index contributed by atoms with van der Waals surface area (Å²) >= 11 is 0. The fraction of sp³-hybridized carbons (Fsp3) is 0.286. The Morgan fingerprint density at radius 1 is 1.41 bits per heavy atom. The molecule has 0 unspecified atom stereocenters. The molecule has 0 bridgehead atoms. The van der Waals surface area contributed by atoms with Gasteiger partial charge in [0.15, 0.2) is 6.73 Å². The molecule has 2 rings (SSSR count). The Morgan fingerprint density at radius 2 is 2.05 bits per heavy atom. The van der Waals surface area contributed by atoms with Crippen LogP contribution in [0.4, 0.5) is 5.69 Å². The second-order valence-corrected chi connectivity index (χ2v) is 4.96. The van der Waals surface area contributed by atoms with Gasteiger partial charge in [0.1, 0.15) is 11.9 Å². The van der Waals surface area contributed by atoms with Crippen LogP contribution in [-0.4, -0.2) is 25.8 Å². The van der Waals surface area contributed by atoms with Crippen molar-refractivity contribution >= 4 is 11.7 Å². The van der Waals surface area contributed by atoms with Crippen molar-refractivity contribution in [2.45, 2.75) is 26.5 Å². The number of aromatic nitrogens is 2. The van der Waals surface area contributed by atoms with Gasteiger partial charge in [0, 0.05) is 0 Å². The summed E-state index contributed by atoms with van der Waals surface area (Å²) in [6, 6.07) is 7.42. The molecule has 0 amide bonds. The van der Waals surface area contributed by atoms with Crippen LogP contribution in [0.1, 0.15) is 35.8 Å². The third-order valence-electron chi connectivity index (χ3n) is 3.05. The van der Waals surface area contributed by atoms with Crippen LogP contribution in [0.3, 0.4) is 0 Å². The van der Waals surface area contributed by atoms with Gasteiger partial charge in [0.2, 0.25) is 5.69 Å². The lowest BCUT2D eigenvalue weighted by Gasteiger charge is -2.08. The molecule has 0 saturated heterocycles. The van der Waals surface area contributed by atoms with Crippen LogP contribution in [0.25, 0.3) is 0 Å². The highest BCUT2D eigenvalue weighted by Gasteiger charge is 2.25. The molecule has 1 N–H and O–H groups in total. The van der Waals surface area contributed by atoms with Crippen molar-refractivity contribution in [3.63, 3.8) is 0 Å². The zero-order valence-corrected chi connectivity index (χ0v) is 12.1. The van der Waals surface area contributed by atoms with E-state index in [1.165, 1.54) is 0 Å². The van der Waals surface area contributed by atoms with Crippen LogP contribution in [0.2, 0.25) is 0 Å². The number of nitrogens with zero attached hydrogens (tertiary/aromatic N) is 3. The Balaban J connectivity index is 2.10. The molecule has 0 fully saturated rings. The molecule has 0 aliphatic carbocycles. The molecule has 1 aromatic carbocycles. The Hall–Kier alpha value is -2.90. The van der Waals surface area contributed by atoms with Gasteiger partial charge in [-0.2, -0.15) is 5.10 Å². The molecule has 1 aromatic heterocycles. The van der Waals surface area contributed by atoms with Gasteiger partial charge in [0.05, 0.1) is 4.92 Å². The van der Waals surface area contributed by atoms with Crippen molar-refractivity contribution in [2.24, 2.45) is 0 Å². The molecular formula is C14H15N3O5. The van der Waals surface area contributed by atoms with Crippen LogP contribution < -0.4 is 4.74 Å². The van der Waals surface area contributed by atoms with E-state index in [2.05, 4.69) is 18.9 Å². The molecule has 8 heteroatoms. The van der Waals surface area contributed by atoms with Crippen LogP contribution in [0.15, 0.2) is 30.5 Å². The first-order valence-corrected chi connectivity index (χ1v) is 6.56. The van der Waals surface area contributed by atoms with Crippen molar-refractivity contribution in [3.05, 3.63) is 51.8 Å². The average molecular weight is 305 g/mol. The molecule has 1 heterocycles.